The molecule has 0 spiro atoms. The molecular weight excluding hydrogens is 723 g/mol. The molecule has 0 radical (unpaired) electrons. The van der Waals surface area contributed by atoms with Gasteiger partial charge >= 0.3 is 0 Å². The van der Waals surface area contributed by atoms with Crippen molar-refractivity contribution >= 4 is 0 Å². The molecule has 4 heteroatoms. The van der Waals surface area contributed by atoms with Gasteiger partial charge in [-0.05, 0) is 157 Å². The molecule has 0 saturated heterocycles. The lowest BCUT2D eigenvalue weighted by molar-refractivity contribution is -0.0642. The van der Waals surface area contributed by atoms with Gasteiger partial charge in [-0.15, -0.1) is 0 Å². The second-order valence-electron chi connectivity index (χ2n) is 21.8. The largest absolute Gasteiger partial charge is 0.380 e. The number of fused-ring (bicyclic) bond motifs is 5. The zero-order valence-corrected chi connectivity index (χ0v) is 40.9. The fourth-order valence-electron chi connectivity index (χ4n) is 12.7. The maximum atomic E-state index is 6.58. The van der Waals surface area contributed by atoms with Crippen molar-refractivity contribution in [2.24, 2.45) is 46.3 Å². The van der Waals surface area contributed by atoms with Crippen LogP contribution in [-0.4, -0.2) is 64.2 Å². The lowest BCUT2D eigenvalue weighted by atomic mass is 9.47. The summed E-state index contributed by atoms with van der Waals surface area (Å²) in [7, 11) is 4.31. The van der Waals surface area contributed by atoms with Crippen molar-refractivity contribution in [1.29, 1.82) is 0 Å². The van der Waals surface area contributed by atoms with Crippen LogP contribution in [0, 0.1) is 46.3 Å². The first-order valence-corrected chi connectivity index (χ1v) is 26.4. The average Bonchev–Trinajstić information content (AvgIpc) is 3.58. The van der Waals surface area contributed by atoms with Crippen LogP contribution in [0.25, 0.3) is 0 Å². The summed E-state index contributed by atoms with van der Waals surface area (Å²) in [6.45, 7) is 19.3. The molecule has 0 aliphatic heterocycles. The molecule has 0 heterocycles. The van der Waals surface area contributed by atoms with Gasteiger partial charge in [0.15, 0.2) is 0 Å². The van der Waals surface area contributed by atoms with Gasteiger partial charge in [-0.1, -0.05) is 149 Å². The van der Waals surface area contributed by atoms with E-state index in [4.69, 9.17) is 14.2 Å². The average molecular weight is 824 g/mol. The minimum atomic E-state index is 0.335. The lowest BCUT2D eigenvalue weighted by Crippen LogP contribution is -2.51. The van der Waals surface area contributed by atoms with Crippen LogP contribution in [0.3, 0.4) is 0 Å². The Morgan fingerprint density at radius 3 is 1.88 bits per heavy atom. The van der Waals surface area contributed by atoms with Crippen LogP contribution in [0.5, 0.6) is 0 Å². The first kappa shape index (κ1) is 51.0. The Hall–Kier alpha value is -0.680. The molecule has 4 aliphatic carbocycles. The normalized spacial score (nSPS) is 29.2. The minimum Gasteiger partial charge on any atom is -0.380 e. The van der Waals surface area contributed by atoms with Crippen LogP contribution < -0.4 is 0 Å². The van der Waals surface area contributed by atoms with E-state index < -0.39 is 0 Å². The van der Waals surface area contributed by atoms with E-state index in [9.17, 15) is 0 Å². The van der Waals surface area contributed by atoms with Crippen molar-refractivity contribution in [1.82, 2.24) is 4.90 Å². The van der Waals surface area contributed by atoms with Gasteiger partial charge in [0.25, 0.3) is 0 Å². The number of hydrogen-bond acceptors (Lipinski definition) is 4. The first-order valence-electron chi connectivity index (χ1n) is 26.4. The quantitative estimate of drug-likeness (QED) is 0.0487. The molecule has 0 amide bonds. The van der Waals surface area contributed by atoms with E-state index in [0.29, 0.717) is 23.0 Å². The Morgan fingerprint density at radius 2 is 1.27 bits per heavy atom. The number of rotatable bonds is 33. The lowest BCUT2D eigenvalue weighted by Gasteiger charge is -2.58. The molecule has 4 nitrogen and oxygen atoms in total. The fraction of sp³-hybridized carbons (Fsp3) is 0.927. The number of ether oxygens (including phenoxy) is 3. The van der Waals surface area contributed by atoms with Crippen molar-refractivity contribution in [2.45, 2.75) is 233 Å². The third-order valence-corrected chi connectivity index (χ3v) is 16.7. The van der Waals surface area contributed by atoms with Crippen LogP contribution in [0.15, 0.2) is 23.8 Å². The molecule has 59 heavy (non-hydrogen) atoms. The van der Waals surface area contributed by atoms with E-state index in [0.717, 1.165) is 75.0 Å². The fourth-order valence-corrected chi connectivity index (χ4v) is 12.7. The molecule has 9 atom stereocenters. The Morgan fingerprint density at radius 1 is 0.678 bits per heavy atom. The summed E-state index contributed by atoms with van der Waals surface area (Å²) >= 11 is 0. The van der Waals surface area contributed by atoms with E-state index in [1.54, 1.807) is 5.57 Å². The molecule has 0 aromatic carbocycles. The van der Waals surface area contributed by atoms with E-state index in [1.807, 2.05) is 0 Å². The molecule has 3 fully saturated rings. The number of nitrogens with zero attached hydrogens (tertiary/aromatic N) is 1. The van der Waals surface area contributed by atoms with Crippen molar-refractivity contribution in [3.05, 3.63) is 23.8 Å². The molecule has 4 rings (SSSR count). The Balaban J connectivity index is 0.972. The summed E-state index contributed by atoms with van der Waals surface area (Å²) in [6.07, 6.45) is 45.6. The summed E-state index contributed by atoms with van der Waals surface area (Å²) in [6, 6.07) is 0.335. The number of allylic oxidation sites excluding steroid dienone is 3. The minimum absolute atomic E-state index is 0.335. The van der Waals surface area contributed by atoms with Crippen LogP contribution in [0.1, 0.15) is 221 Å². The Kier molecular flexibility index (Phi) is 24.3. The topological polar surface area (TPSA) is 30.9 Å². The zero-order chi connectivity index (χ0) is 42.4. The highest BCUT2D eigenvalue weighted by molar-refractivity contribution is 5.25. The molecule has 0 aromatic heterocycles. The summed E-state index contributed by atoms with van der Waals surface area (Å²) in [5.41, 5.74) is 2.78. The van der Waals surface area contributed by atoms with E-state index in [2.05, 4.69) is 78.8 Å². The van der Waals surface area contributed by atoms with Gasteiger partial charge in [-0.3, -0.25) is 0 Å². The second-order valence-corrected chi connectivity index (χ2v) is 21.8. The molecule has 344 valence electrons. The highest BCUT2D eigenvalue weighted by atomic mass is 16.5. The summed E-state index contributed by atoms with van der Waals surface area (Å²) in [5.74, 6) is 5.45. The van der Waals surface area contributed by atoms with Gasteiger partial charge in [-0.2, -0.15) is 0 Å². The number of unbranched alkanes of at least 4 members (excludes halogenated alkanes) is 15. The van der Waals surface area contributed by atoms with Crippen LogP contribution in [0.4, 0.5) is 0 Å². The molecule has 3 saturated carbocycles. The van der Waals surface area contributed by atoms with Gasteiger partial charge in [0.2, 0.25) is 0 Å². The van der Waals surface area contributed by atoms with Crippen LogP contribution in [-0.2, 0) is 14.2 Å². The maximum Gasteiger partial charge on any atom is 0.0644 e. The number of hydrogen-bond donors (Lipinski definition) is 0. The highest BCUT2D eigenvalue weighted by Gasteiger charge is 2.59. The van der Waals surface area contributed by atoms with Crippen LogP contribution in [0.2, 0.25) is 0 Å². The van der Waals surface area contributed by atoms with E-state index in [1.165, 1.54) is 173 Å². The van der Waals surface area contributed by atoms with Crippen molar-refractivity contribution in [3.8, 4) is 0 Å². The standard InChI is InChI=1S/C55H101NO3/c1-9-10-11-12-13-14-15-16-17-18-19-20-21-22-23-26-39-57-43-48(56(7)8)44-58-40-27-24-25-28-41-59-49-35-37-54(5)47(42-49)31-32-50-52-34-33-51(46(4)30-29-45(2)3)55(52,6)38-36-53(50)54/h16-17,31,45-46,48-53H,9-15,18-30,32-44H2,1-8H3/b17-16-/t46-,48+,49+,50+,51-,52?,53?,54+,55-/m1/s1. The maximum absolute atomic E-state index is 6.58. The van der Waals surface area contributed by atoms with Crippen molar-refractivity contribution in [2.75, 3.05) is 47.1 Å². The molecule has 2 unspecified atom stereocenters. The molecule has 0 N–H and O–H groups in total. The Labute approximate surface area is 368 Å². The summed E-state index contributed by atoms with van der Waals surface area (Å²) < 4.78 is 18.8. The predicted molar refractivity (Wildman–Crippen MR) is 255 cm³/mol. The summed E-state index contributed by atoms with van der Waals surface area (Å²) in [4.78, 5) is 2.26. The SMILES string of the molecule is CCCCCCCC/C=C\CCCCCCCCOC[C@@H](COCCCCCCO[C@H]1CC[C@@]2(C)C(=CC[C@@H]3C2CC[C@@]2(C)C3CC[C@@H]2[C@H](C)CCC(C)C)C1)N(C)C. The van der Waals surface area contributed by atoms with Crippen molar-refractivity contribution in [3.63, 3.8) is 0 Å². The third kappa shape index (κ3) is 16.8. The summed E-state index contributed by atoms with van der Waals surface area (Å²) in [5, 5.41) is 0. The molecule has 0 bridgehead atoms. The molecular formula is C55H101NO3. The third-order valence-electron chi connectivity index (χ3n) is 16.7. The van der Waals surface area contributed by atoms with E-state index >= 15 is 0 Å². The Bertz CT molecular complexity index is 1150. The van der Waals surface area contributed by atoms with Gasteiger partial charge in [0, 0.05) is 19.8 Å². The van der Waals surface area contributed by atoms with Gasteiger partial charge in [0.1, 0.15) is 0 Å². The molecule has 0 aromatic rings. The van der Waals surface area contributed by atoms with E-state index in [-0.39, 0.29) is 0 Å². The monoisotopic (exact) mass is 824 g/mol. The molecule has 4 aliphatic rings. The van der Waals surface area contributed by atoms with Gasteiger partial charge in [0.05, 0.1) is 25.4 Å². The smallest absolute Gasteiger partial charge is 0.0644 e. The van der Waals surface area contributed by atoms with Gasteiger partial charge in [-0.25, -0.2) is 0 Å². The first-order chi connectivity index (χ1) is 28.6. The highest BCUT2D eigenvalue weighted by Crippen LogP contribution is 2.67. The van der Waals surface area contributed by atoms with Crippen molar-refractivity contribution < 1.29 is 14.2 Å². The number of likely N-dealkylation sites (N-methyl/N-ethyl adjacent to an activating group) is 1. The van der Waals surface area contributed by atoms with Crippen LogP contribution >= 0.6 is 0 Å². The predicted octanol–water partition coefficient (Wildman–Crippen LogP) is 15.6. The second kappa shape index (κ2) is 28.2. The zero-order valence-electron chi connectivity index (χ0n) is 40.9. The van der Waals surface area contributed by atoms with Gasteiger partial charge < -0.3 is 19.1 Å².